The summed E-state index contributed by atoms with van der Waals surface area (Å²) in [4.78, 5) is 21.6. The molecule has 1 amide bonds. The van der Waals surface area contributed by atoms with Crippen LogP contribution in [0.5, 0.6) is 0 Å². The fourth-order valence-electron chi connectivity index (χ4n) is 7.54. The van der Waals surface area contributed by atoms with Gasteiger partial charge in [-0.15, -0.1) is 11.8 Å². The third-order valence-corrected chi connectivity index (χ3v) is 13.6. The van der Waals surface area contributed by atoms with Gasteiger partial charge in [0.25, 0.3) is 15.9 Å². The first-order valence-corrected chi connectivity index (χ1v) is 22.5. The molecule has 5 aromatic rings. The van der Waals surface area contributed by atoms with Gasteiger partial charge in [-0.1, -0.05) is 66.2 Å². The number of benzene rings is 5. The fraction of sp³-hybridized carbons (Fsp3) is 0.311. The van der Waals surface area contributed by atoms with Gasteiger partial charge in [-0.05, 0) is 115 Å². The Labute approximate surface area is 346 Å². The van der Waals surface area contributed by atoms with Gasteiger partial charge in [0.05, 0.1) is 4.90 Å². The Morgan fingerprint density at radius 1 is 0.860 bits per heavy atom. The van der Waals surface area contributed by atoms with Gasteiger partial charge >= 0.3 is 0 Å². The van der Waals surface area contributed by atoms with E-state index in [9.17, 15) is 13.2 Å². The van der Waals surface area contributed by atoms with Gasteiger partial charge in [0.1, 0.15) is 0 Å². The van der Waals surface area contributed by atoms with Gasteiger partial charge in [-0.25, -0.2) is 13.1 Å². The van der Waals surface area contributed by atoms with Crippen molar-refractivity contribution in [1.82, 2.24) is 14.5 Å². The number of likely N-dealkylation sites (tertiary alicyclic amines) is 1. The molecule has 2 heterocycles. The molecule has 298 valence electrons. The molecule has 2 atom stereocenters. The highest BCUT2D eigenvalue weighted by Gasteiger charge is 2.24. The third kappa shape index (κ3) is 11.0. The first-order valence-electron chi connectivity index (χ1n) is 19.6. The molecule has 7 rings (SSSR count). The first kappa shape index (κ1) is 40.8. The summed E-state index contributed by atoms with van der Waals surface area (Å²) in [5.74, 6) is 0.195. The van der Waals surface area contributed by atoms with Crippen LogP contribution in [0.1, 0.15) is 34.3 Å². The molecule has 0 aromatic heterocycles. The molecule has 0 saturated carbocycles. The van der Waals surface area contributed by atoms with E-state index in [2.05, 4.69) is 73.3 Å². The molecule has 0 bridgehead atoms. The second-order valence-corrected chi connectivity index (χ2v) is 18.2. The number of halogens is 1. The van der Waals surface area contributed by atoms with Crippen molar-refractivity contribution >= 4 is 50.7 Å². The number of nitrogens with two attached hydrogens (primary N) is 1. The summed E-state index contributed by atoms with van der Waals surface area (Å²) in [6, 6.07) is 39.3. The highest BCUT2D eigenvalue weighted by atomic mass is 35.5. The van der Waals surface area contributed by atoms with Crippen molar-refractivity contribution in [1.29, 1.82) is 0 Å². The van der Waals surface area contributed by atoms with Gasteiger partial charge in [-0.2, -0.15) is 0 Å². The Bertz CT molecular complexity index is 2220. The molecule has 12 heteroatoms. The van der Waals surface area contributed by atoms with Gasteiger partial charge < -0.3 is 20.9 Å². The number of piperazine rings is 1. The molecule has 4 N–H and O–H groups in total. The Kier molecular flexibility index (Phi) is 13.6. The molecule has 2 aliphatic heterocycles. The molecule has 2 saturated heterocycles. The highest BCUT2D eigenvalue weighted by Crippen LogP contribution is 2.28. The smallest absolute Gasteiger partial charge is 0.264 e. The van der Waals surface area contributed by atoms with E-state index in [1.165, 1.54) is 16.0 Å². The minimum absolute atomic E-state index is 0.0467. The number of thioether (sulfide) groups is 1. The molecular formula is C45H51ClN6O3S2. The number of sulfonamides is 1. The van der Waals surface area contributed by atoms with Crippen LogP contribution in [0.15, 0.2) is 131 Å². The van der Waals surface area contributed by atoms with Crippen LogP contribution in [-0.4, -0.2) is 87.8 Å². The van der Waals surface area contributed by atoms with Crippen molar-refractivity contribution in [3.63, 3.8) is 0 Å². The highest BCUT2D eigenvalue weighted by molar-refractivity contribution is 7.99. The van der Waals surface area contributed by atoms with E-state index >= 15 is 0 Å². The van der Waals surface area contributed by atoms with E-state index in [0.29, 0.717) is 0 Å². The van der Waals surface area contributed by atoms with Crippen LogP contribution in [0, 0.1) is 6.92 Å². The van der Waals surface area contributed by atoms with Crippen molar-refractivity contribution in [2.45, 2.75) is 48.2 Å². The zero-order valence-electron chi connectivity index (χ0n) is 32.3. The Balaban J connectivity index is 0.927. The number of hydrogen-bond donors (Lipinski definition) is 3. The number of nitrogens with one attached hydrogen (secondary N) is 2. The molecule has 0 unspecified atom stereocenters. The van der Waals surface area contributed by atoms with Crippen molar-refractivity contribution < 1.29 is 13.2 Å². The molecule has 0 radical (unpaired) electrons. The van der Waals surface area contributed by atoms with E-state index in [-0.39, 0.29) is 22.5 Å². The molecule has 2 aliphatic rings. The molecule has 0 spiro atoms. The summed E-state index contributed by atoms with van der Waals surface area (Å²) >= 11 is 7.93. The minimum atomic E-state index is -4.11. The molecule has 0 aliphatic carbocycles. The monoisotopic (exact) mass is 822 g/mol. The maximum absolute atomic E-state index is 13.4. The van der Waals surface area contributed by atoms with Crippen LogP contribution in [0.2, 0.25) is 5.02 Å². The number of anilines is 2. The maximum atomic E-state index is 13.4. The number of nitrogens with zero attached hydrogens (tertiary/aromatic N) is 3. The second kappa shape index (κ2) is 18.9. The Morgan fingerprint density at radius 2 is 1.58 bits per heavy atom. The van der Waals surface area contributed by atoms with Crippen LogP contribution in [0.4, 0.5) is 11.4 Å². The zero-order chi connectivity index (χ0) is 39.8. The van der Waals surface area contributed by atoms with Crippen LogP contribution in [-0.2, 0) is 16.6 Å². The molecule has 9 nitrogen and oxygen atoms in total. The van der Waals surface area contributed by atoms with Crippen molar-refractivity contribution in [2.75, 3.05) is 61.8 Å². The number of hydrogen-bond acceptors (Lipinski definition) is 9. The largest absolute Gasteiger partial charge is 0.381 e. The molecule has 57 heavy (non-hydrogen) atoms. The summed E-state index contributed by atoms with van der Waals surface area (Å²) < 4.78 is 29.2. The van der Waals surface area contributed by atoms with E-state index in [1.807, 2.05) is 49.4 Å². The lowest BCUT2D eigenvalue weighted by molar-refractivity contribution is 0.0981. The number of aryl methyl sites for hydroxylation is 1. The lowest BCUT2D eigenvalue weighted by Gasteiger charge is -2.36. The number of carbonyl (C=O) groups excluding carboxylic acids is 1. The van der Waals surface area contributed by atoms with Gasteiger partial charge in [-0.3, -0.25) is 9.69 Å². The number of rotatable bonds is 15. The zero-order valence-corrected chi connectivity index (χ0v) is 34.7. The van der Waals surface area contributed by atoms with E-state index in [4.69, 9.17) is 17.3 Å². The predicted octanol–water partition coefficient (Wildman–Crippen LogP) is 7.75. The maximum Gasteiger partial charge on any atom is 0.264 e. The summed E-state index contributed by atoms with van der Waals surface area (Å²) in [6.45, 7) is 9.08. The molecule has 2 fully saturated rings. The summed E-state index contributed by atoms with van der Waals surface area (Å²) in [7, 11) is -4.11. The SMILES string of the molecule is Cc1cc(S(=O)(=O)NC(=O)c2ccc(N3CCN(Cc4ccccc4-c4ccc(Cl)cc4)CC3)cc2)ccc1N[C@H](CCN1CC[C@@H](N)C1)CSc1ccccc1. The van der Waals surface area contributed by atoms with Crippen molar-refractivity contribution in [2.24, 2.45) is 5.73 Å². The lowest BCUT2D eigenvalue weighted by Crippen LogP contribution is -2.46. The summed E-state index contributed by atoms with van der Waals surface area (Å²) in [6.07, 6.45) is 1.95. The number of carbonyl (C=O) groups is 1. The van der Waals surface area contributed by atoms with Crippen LogP contribution >= 0.6 is 23.4 Å². The van der Waals surface area contributed by atoms with Crippen LogP contribution in [0.25, 0.3) is 11.1 Å². The standard InChI is InChI=1S/C45H51ClN6O3S2/c1-33-29-42(19-20-44(33)48-39(22-24-50-23-21-38(47)31-50)32-56-41-8-3-2-4-9-41)57(54,55)49-45(53)35-13-17-40(18-14-35)52-27-25-51(26-28-52)30-36-7-5-6-10-43(36)34-11-15-37(46)16-12-34/h2-20,29,38-39,48H,21-28,30-32,47H2,1H3,(H,49,53)/t38-,39-/m1/s1. The Hall–Kier alpha value is -4.36. The molecular weight excluding hydrogens is 772 g/mol. The fourth-order valence-corrected chi connectivity index (χ4v) is 9.72. The normalized spacial score (nSPS) is 17.0. The first-order chi connectivity index (χ1) is 27.6. The Morgan fingerprint density at radius 3 is 2.28 bits per heavy atom. The summed E-state index contributed by atoms with van der Waals surface area (Å²) in [5.41, 5.74) is 12.7. The number of amides is 1. The minimum Gasteiger partial charge on any atom is -0.381 e. The third-order valence-electron chi connectivity index (χ3n) is 10.8. The van der Waals surface area contributed by atoms with Crippen LogP contribution in [0.3, 0.4) is 0 Å². The second-order valence-electron chi connectivity index (χ2n) is 15.0. The predicted molar refractivity (Wildman–Crippen MR) is 235 cm³/mol. The lowest BCUT2D eigenvalue weighted by atomic mass is 9.99. The van der Waals surface area contributed by atoms with Gasteiger partial charge in [0, 0.05) is 90.5 Å². The van der Waals surface area contributed by atoms with Gasteiger partial charge in [0.2, 0.25) is 0 Å². The average Bonchev–Trinajstić information content (AvgIpc) is 3.65. The topological polar surface area (TPSA) is 111 Å². The van der Waals surface area contributed by atoms with E-state index in [1.54, 1.807) is 42.1 Å². The van der Waals surface area contributed by atoms with Crippen molar-refractivity contribution in [3.8, 4) is 11.1 Å². The quantitative estimate of drug-likeness (QED) is 0.0914. The molecule has 5 aromatic carbocycles. The van der Waals surface area contributed by atoms with E-state index < -0.39 is 15.9 Å². The van der Waals surface area contributed by atoms with Crippen molar-refractivity contribution in [3.05, 3.63) is 143 Å². The average molecular weight is 824 g/mol. The summed E-state index contributed by atoms with van der Waals surface area (Å²) in [5, 5.41) is 4.41. The van der Waals surface area contributed by atoms with E-state index in [0.717, 1.165) is 98.5 Å². The van der Waals surface area contributed by atoms with Crippen LogP contribution < -0.4 is 20.7 Å². The van der Waals surface area contributed by atoms with Gasteiger partial charge in [0.15, 0.2) is 0 Å².